The van der Waals surface area contributed by atoms with E-state index in [1.165, 1.54) is 0 Å². The lowest BCUT2D eigenvalue weighted by Crippen LogP contribution is -2.52. The molecule has 1 aromatic carbocycles. The van der Waals surface area contributed by atoms with E-state index in [4.69, 9.17) is 4.74 Å². The van der Waals surface area contributed by atoms with Gasteiger partial charge in [-0.05, 0) is 37.8 Å². The second-order valence-electron chi connectivity index (χ2n) is 5.96. The van der Waals surface area contributed by atoms with E-state index in [1.807, 2.05) is 30.3 Å². The molecule has 1 heterocycles. The molecule has 2 rings (SSSR count). The largest absolute Gasteiger partial charge is 0.459 e. The van der Waals surface area contributed by atoms with Gasteiger partial charge in [0.25, 0.3) is 0 Å². The minimum Gasteiger partial charge on any atom is -0.459 e. The molecule has 1 fully saturated rings. The Morgan fingerprint density at radius 2 is 2.09 bits per heavy atom. The highest BCUT2D eigenvalue weighted by Crippen LogP contribution is 2.15. The molecule has 0 saturated carbocycles. The van der Waals surface area contributed by atoms with Crippen LogP contribution < -0.4 is 10.6 Å². The van der Waals surface area contributed by atoms with Gasteiger partial charge in [-0.2, -0.15) is 0 Å². The van der Waals surface area contributed by atoms with Crippen molar-refractivity contribution in [2.45, 2.75) is 45.4 Å². The summed E-state index contributed by atoms with van der Waals surface area (Å²) in [5.74, 6) is -0.0193. The Hall–Kier alpha value is -1.88. The molecule has 0 unspecified atom stereocenters. The standard InChI is InChI=1S/C17H24N2O3/c1-12-8-9-18-15(10-12)16(20)19-13(2)17(21)22-11-14-6-4-3-5-7-14/h3-7,12-13,15,18H,8-11H2,1-2H3,(H,19,20)/t12-,13-,15+/m0/s1. The van der Waals surface area contributed by atoms with Crippen LogP contribution in [0.4, 0.5) is 0 Å². The summed E-state index contributed by atoms with van der Waals surface area (Å²) in [6.45, 7) is 4.85. The molecule has 0 radical (unpaired) electrons. The zero-order valence-corrected chi connectivity index (χ0v) is 13.2. The van der Waals surface area contributed by atoms with Crippen molar-refractivity contribution >= 4 is 11.9 Å². The fourth-order valence-corrected chi connectivity index (χ4v) is 2.53. The van der Waals surface area contributed by atoms with E-state index < -0.39 is 12.0 Å². The fraction of sp³-hybridized carbons (Fsp3) is 0.529. The van der Waals surface area contributed by atoms with E-state index in [1.54, 1.807) is 6.92 Å². The van der Waals surface area contributed by atoms with Crippen molar-refractivity contribution in [3.8, 4) is 0 Å². The normalized spacial score (nSPS) is 22.6. The first kappa shape index (κ1) is 16.5. The first-order valence-electron chi connectivity index (χ1n) is 7.80. The minimum atomic E-state index is -0.643. The molecule has 1 aliphatic rings. The monoisotopic (exact) mass is 304 g/mol. The van der Waals surface area contributed by atoms with Crippen molar-refractivity contribution in [2.24, 2.45) is 5.92 Å². The molecule has 22 heavy (non-hydrogen) atoms. The molecular formula is C17H24N2O3. The molecule has 0 aromatic heterocycles. The highest BCUT2D eigenvalue weighted by Gasteiger charge is 2.27. The molecule has 2 N–H and O–H groups in total. The summed E-state index contributed by atoms with van der Waals surface area (Å²) in [6, 6.07) is 8.62. The number of nitrogens with one attached hydrogen (secondary N) is 2. The van der Waals surface area contributed by atoms with Crippen LogP contribution in [0.3, 0.4) is 0 Å². The van der Waals surface area contributed by atoms with Crippen LogP contribution in [-0.4, -0.2) is 30.5 Å². The third kappa shape index (κ3) is 4.84. The lowest BCUT2D eigenvalue weighted by molar-refractivity contribution is -0.148. The topological polar surface area (TPSA) is 67.4 Å². The molecule has 0 aliphatic carbocycles. The van der Waals surface area contributed by atoms with Gasteiger partial charge in [0.1, 0.15) is 12.6 Å². The van der Waals surface area contributed by atoms with Gasteiger partial charge in [0.2, 0.25) is 5.91 Å². The molecule has 1 saturated heterocycles. The fourth-order valence-electron chi connectivity index (χ4n) is 2.53. The Morgan fingerprint density at radius 3 is 2.77 bits per heavy atom. The van der Waals surface area contributed by atoms with E-state index in [0.717, 1.165) is 24.9 Å². The molecule has 120 valence electrons. The number of ether oxygens (including phenoxy) is 1. The Kier molecular flexibility index (Phi) is 5.95. The second kappa shape index (κ2) is 7.94. The van der Waals surface area contributed by atoms with Crippen LogP contribution in [0.1, 0.15) is 32.3 Å². The maximum atomic E-state index is 12.2. The summed E-state index contributed by atoms with van der Waals surface area (Å²) < 4.78 is 5.23. The predicted octanol–water partition coefficient (Wildman–Crippen LogP) is 1.62. The average Bonchev–Trinajstić information content (AvgIpc) is 2.53. The Morgan fingerprint density at radius 1 is 1.36 bits per heavy atom. The van der Waals surface area contributed by atoms with Gasteiger partial charge >= 0.3 is 5.97 Å². The summed E-state index contributed by atoms with van der Waals surface area (Å²) in [5.41, 5.74) is 0.928. The zero-order chi connectivity index (χ0) is 15.9. The van der Waals surface area contributed by atoms with Crippen molar-refractivity contribution in [1.82, 2.24) is 10.6 Å². The quantitative estimate of drug-likeness (QED) is 0.811. The van der Waals surface area contributed by atoms with E-state index in [9.17, 15) is 9.59 Å². The van der Waals surface area contributed by atoms with Crippen LogP contribution in [-0.2, 0) is 20.9 Å². The Labute approximate surface area is 131 Å². The highest BCUT2D eigenvalue weighted by atomic mass is 16.5. The Bertz CT molecular complexity index is 504. The van der Waals surface area contributed by atoms with Crippen LogP contribution in [0.2, 0.25) is 0 Å². The summed E-state index contributed by atoms with van der Waals surface area (Å²) in [4.78, 5) is 24.1. The van der Waals surface area contributed by atoms with Gasteiger partial charge in [0, 0.05) is 0 Å². The second-order valence-corrected chi connectivity index (χ2v) is 5.96. The number of amides is 1. The summed E-state index contributed by atoms with van der Waals surface area (Å²) in [7, 11) is 0. The zero-order valence-electron chi connectivity index (χ0n) is 13.2. The molecule has 1 aliphatic heterocycles. The molecule has 1 amide bonds. The average molecular weight is 304 g/mol. The molecule has 5 heteroatoms. The number of piperidine rings is 1. The maximum Gasteiger partial charge on any atom is 0.328 e. The number of hydrogen-bond acceptors (Lipinski definition) is 4. The van der Waals surface area contributed by atoms with Crippen LogP contribution in [0.15, 0.2) is 30.3 Å². The van der Waals surface area contributed by atoms with Crippen LogP contribution in [0.5, 0.6) is 0 Å². The summed E-state index contributed by atoms with van der Waals surface area (Å²) in [6.07, 6.45) is 1.88. The summed E-state index contributed by atoms with van der Waals surface area (Å²) in [5, 5.41) is 5.92. The van der Waals surface area contributed by atoms with Gasteiger partial charge < -0.3 is 15.4 Å². The molecular weight excluding hydrogens is 280 g/mol. The van der Waals surface area contributed by atoms with E-state index in [2.05, 4.69) is 17.6 Å². The number of esters is 1. The molecule has 0 bridgehead atoms. The number of carbonyl (C=O) groups is 2. The number of benzene rings is 1. The van der Waals surface area contributed by atoms with Crippen molar-refractivity contribution < 1.29 is 14.3 Å². The predicted molar refractivity (Wildman–Crippen MR) is 84.0 cm³/mol. The van der Waals surface area contributed by atoms with Gasteiger partial charge in [-0.15, -0.1) is 0 Å². The minimum absolute atomic E-state index is 0.129. The summed E-state index contributed by atoms with van der Waals surface area (Å²) >= 11 is 0. The smallest absolute Gasteiger partial charge is 0.328 e. The Balaban J connectivity index is 1.77. The van der Waals surface area contributed by atoms with E-state index >= 15 is 0 Å². The third-order valence-electron chi connectivity index (χ3n) is 3.92. The van der Waals surface area contributed by atoms with Crippen molar-refractivity contribution in [1.29, 1.82) is 0 Å². The van der Waals surface area contributed by atoms with Crippen LogP contribution in [0.25, 0.3) is 0 Å². The number of carbonyl (C=O) groups excluding carboxylic acids is 2. The van der Waals surface area contributed by atoms with Gasteiger partial charge in [0.05, 0.1) is 6.04 Å². The third-order valence-corrected chi connectivity index (χ3v) is 3.92. The van der Waals surface area contributed by atoms with E-state index in [-0.39, 0.29) is 18.6 Å². The van der Waals surface area contributed by atoms with Crippen molar-refractivity contribution in [2.75, 3.05) is 6.54 Å². The van der Waals surface area contributed by atoms with Gasteiger partial charge in [-0.3, -0.25) is 4.79 Å². The van der Waals surface area contributed by atoms with Crippen LogP contribution >= 0.6 is 0 Å². The lowest BCUT2D eigenvalue weighted by atomic mass is 9.94. The van der Waals surface area contributed by atoms with Gasteiger partial charge in [-0.25, -0.2) is 4.79 Å². The van der Waals surface area contributed by atoms with Gasteiger partial charge in [0.15, 0.2) is 0 Å². The van der Waals surface area contributed by atoms with Crippen LogP contribution in [0, 0.1) is 5.92 Å². The van der Waals surface area contributed by atoms with Gasteiger partial charge in [-0.1, -0.05) is 37.3 Å². The lowest BCUT2D eigenvalue weighted by Gasteiger charge is -2.28. The molecule has 3 atom stereocenters. The van der Waals surface area contributed by atoms with E-state index in [0.29, 0.717) is 5.92 Å². The first-order chi connectivity index (χ1) is 10.6. The highest BCUT2D eigenvalue weighted by molar-refractivity contribution is 5.87. The molecule has 5 nitrogen and oxygen atoms in total. The van der Waals surface area contributed by atoms with Crippen molar-refractivity contribution in [3.05, 3.63) is 35.9 Å². The SMILES string of the molecule is C[C@H]1CCN[C@@H](C(=O)N[C@@H](C)C(=O)OCc2ccccc2)C1. The molecule has 1 aromatic rings. The van der Waals surface area contributed by atoms with Crippen molar-refractivity contribution in [3.63, 3.8) is 0 Å². The number of rotatable bonds is 5. The molecule has 0 spiro atoms. The maximum absolute atomic E-state index is 12.2. The first-order valence-corrected chi connectivity index (χ1v) is 7.80. The number of hydrogen-bond donors (Lipinski definition) is 2.